The van der Waals surface area contributed by atoms with E-state index >= 15 is 0 Å². The highest BCUT2D eigenvalue weighted by molar-refractivity contribution is 7.97. The van der Waals surface area contributed by atoms with E-state index in [2.05, 4.69) is 30.4 Å². The molecule has 0 rings (SSSR count). The lowest BCUT2D eigenvalue weighted by Crippen LogP contribution is -2.01. The third kappa shape index (κ3) is 7.85. The molecule has 0 radical (unpaired) electrons. The summed E-state index contributed by atoms with van der Waals surface area (Å²) in [5.41, 5.74) is 0. The van der Waals surface area contributed by atoms with Gasteiger partial charge >= 0.3 is 0 Å². The molecule has 66 valence electrons. The van der Waals surface area contributed by atoms with Crippen LogP contribution in [0.1, 0.15) is 27.2 Å². The summed E-state index contributed by atoms with van der Waals surface area (Å²) in [6, 6.07) is 0. The van der Waals surface area contributed by atoms with Crippen molar-refractivity contribution in [2.45, 2.75) is 27.2 Å². The molecule has 0 aromatic heterocycles. The fraction of sp³-hybridized carbons (Fsp3) is 1.00. The molecule has 1 unspecified atom stereocenters. The first-order valence-corrected chi connectivity index (χ1v) is 5.02. The van der Waals surface area contributed by atoms with Gasteiger partial charge in [0.25, 0.3) is 0 Å². The van der Waals surface area contributed by atoms with Gasteiger partial charge in [0.1, 0.15) is 0 Å². The van der Waals surface area contributed by atoms with Gasteiger partial charge in [-0.1, -0.05) is 20.8 Å². The van der Waals surface area contributed by atoms with Gasteiger partial charge in [-0.2, -0.15) is 5.11 Å². The van der Waals surface area contributed by atoms with E-state index in [-0.39, 0.29) is 0 Å². The van der Waals surface area contributed by atoms with Crippen LogP contribution in [0.5, 0.6) is 0 Å². The van der Waals surface area contributed by atoms with E-state index in [1.165, 1.54) is 6.42 Å². The van der Waals surface area contributed by atoms with E-state index in [0.29, 0.717) is 0 Å². The van der Waals surface area contributed by atoms with Crippen molar-refractivity contribution in [1.82, 2.24) is 0 Å². The molecule has 0 aliphatic rings. The molecule has 11 heavy (non-hydrogen) atoms. The van der Waals surface area contributed by atoms with Crippen LogP contribution in [0.2, 0.25) is 0 Å². The van der Waals surface area contributed by atoms with Crippen LogP contribution in [0.3, 0.4) is 0 Å². The molecule has 0 saturated carbocycles. The summed E-state index contributed by atoms with van der Waals surface area (Å²) >= 11 is 1.56. The molecule has 0 aromatic carbocycles. The first-order chi connectivity index (χ1) is 5.16. The fourth-order valence-corrected chi connectivity index (χ4v) is 1.66. The average Bonchev–Trinajstić information content (AvgIpc) is 1.86. The third-order valence-corrected chi connectivity index (χ3v) is 2.37. The lowest BCUT2D eigenvalue weighted by atomic mass is 10.0. The zero-order chi connectivity index (χ0) is 8.69. The first kappa shape index (κ1) is 11.0. The van der Waals surface area contributed by atoms with Gasteiger partial charge in [0.2, 0.25) is 0 Å². The Hall–Kier alpha value is -0.0500. The molecular weight excluding hydrogens is 156 g/mol. The van der Waals surface area contributed by atoms with E-state index < -0.39 is 0 Å². The van der Waals surface area contributed by atoms with Gasteiger partial charge in [-0.3, -0.25) is 0 Å². The SMILES string of the molecule is C/N=N\SCC(C)CC(C)C. The largest absolute Gasteiger partial charge is 0.185 e. The van der Waals surface area contributed by atoms with Crippen molar-refractivity contribution < 1.29 is 0 Å². The Bertz CT molecular complexity index is 113. The highest BCUT2D eigenvalue weighted by atomic mass is 32.2. The van der Waals surface area contributed by atoms with E-state index in [1.807, 2.05) is 0 Å². The Morgan fingerprint density at radius 1 is 1.27 bits per heavy atom. The summed E-state index contributed by atoms with van der Waals surface area (Å²) in [6.45, 7) is 6.77. The Morgan fingerprint density at radius 2 is 1.91 bits per heavy atom. The Balaban J connectivity index is 3.29. The summed E-state index contributed by atoms with van der Waals surface area (Å²) in [6.07, 6.45) is 1.28. The van der Waals surface area contributed by atoms with Crippen molar-refractivity contribution in [1.29, 1.82) is 0 Å². The third-order valence-electron chi connectivity index (χ3n) is 1.37. The number of hydrogen-bond donors (Lipinski definition) is 0. The molecule has 0 fully saturated rings. The van der Waals surface area contributed by atoms with E-state index in [9.17, 15) is 0 Å². The van der Waals surface area contributed by atoms with Crippen molar-refractivity contribution in [3.63, 3.8) is 0 Å². The summed E-state index contributed by atoms with van der Waals surface area (Å²) in [4.78, 5) is 0. The number of rotatable bonds is 5. The van der Waals surface area contributed by atoms with Crippen LogP contribution in [0.15, 0.2) is 9.63 Å². The Kier molecular flexibility index (Phi) is 6.62. The van der Waals surface area contributed by atoms with Gasteiger partial charge in [-0.15, -0.1) is 4.52 Å². The lowest BCUT2D eigenvalue weighted by molar-refractivity contribution is 0.475. The van der Waals surface area contributed by atoms with Crippen molar-refractivity contribution >= 4 is 11.9 Å². The molecule has 0 saturated heterocycles. The molecule has 0 spiro atoms. The van der Waals surface area contributed by atoms with Crippen LogP contribution < -0.4 is 0 Å². The van der Waals surface area contributed by atoms with Crippen molar-refractivity contribution in [2.24, 2.45) is 21.5 Å². The number of hydrogen-bond acceptors (Lipinski definition) is 3. The fourth-order valence-electron chi connectivity index (χ4n) is 1.09. The molecule has 0 aromatic rings. The van der Waals surface area contributed by atoms with E-state index in [0.717, 1.165) is 17.6 Å². The van der Waals surface area contributed by atoms with Gasteiger partial charge in [0.15, 0.2) is 0 Å². The van der Waals surface area contributed by atoms with Gasteiger partial charge in [-0.25, -0.2) is 0 Å². The van der Waals surface area contributed by atoms with E-state index in [1.54, 1.807) is 19.0 Å². The second kappa shape index (κ2) is 6.65. The van der Waals surface area contributed by atoms with Crippen LogP contribution in [0.4, 0.5) is 0 Å². The summed E-state index contributed by atoms with van der Waals surface area (Å²) in [5.74, 6) is 2.64. The molecule has 1 atom stereocenters. The number of nitrogens with zero attached hydrogens (tertiary/aromatic N) is 2. The molecule has 0 aliphatic heterocycles. The summed E-state index contributed by atoms with van der Waals surface area (Å²) in [5, 5.41) is 3.67. The Labute approximate surface area is 74.0 Å². The minimum absolute atomic E-state index is 0.755. The molecule has 3 heteroatoms. The van der Waals surface area contributed by atoms with Crippen LogP contribution in [0, 0.1) is 11.8 Å². The summed E-state index contributed by atoms with van der Waals surface area (Å²) < 4.78 is 3.86. The van der Waals surface area contributed by atoms with Crippen molar-refractivity contribution in [3.05, 3.63) is 0 Å². The smallest absolute Gasteiger partial charge is 0.0498 e. The maximum absolute atomic E-state index is 3.86. The second-order valence-electron chi connectivity index (χ2n) is 3.31. The Morgan fingerprint density at radius 3 is 2.36 bits per heavy atom. The average molecular weight is 174 g/mol. The maximum atomic E-state index is 3.86. The summed E-state index contributed by atoms with van der Waals surface area (Å²) in [7, 11) is 1.71. The predicted octanol–water partition coefficient (Wildman–Crippen LogP) is 3.40. The predicted molar refractivity (Wildman–Crippen MR) is 51.9 cm³/mol. The highest BCUT2D eigenvalue weighted by Gasteiger charge is 2.04. The molecule has 0 aliphatic carbocycles. The zero-order valence-corrected chi connectivity index (χ0v) is 8.69. The monoisotopic (exact) mass is 174 g/mol. The van der Waals surface area contributed by atoms with Crippen LogP contribution in [0.25, 0.3) is 0 Å². The van der Waals surface area contributed by atoms with Gasteiger partial charge in [0.05, 0.1) is 0 Å². The second-order valence-corrected chi connectivity index (χ2v) is 4.07. The minimum atomic E-state index is 0.755. The van der Waals surface area contributed by atoms with Gasteiger partial charge in [0, 0.05) is 12.8 Å². The standard InChI is InChI=1S/C8H18N2S/c1-7(2)5-8(3)6-11-10-9-4/h7-8H,5-6H2,1-4H3/b10-9-. The van der Waals surface area contributed by atoms with Crippen LogP contribution in [-0.4, -0.2) is 12.8 Å². The molecule has 0 heterocycles. The molecule has 0 N–H and O–H groups in total. The topological polar surface area (TPSA) is 24.7 Å². The van der Waals surface area contributed by atoms with Crippen LogP contribution >= 0.6 is 11.9 Å². The van der Waals surface area contributed by atoms with Crippen molar-refractivity contribution in [3.8, 4) is 0 Å². The van der Waals surface area contributed by atoms with Crippen molar-refractivity contribution in [2.75, 3.05) is 12.8 Å². The van der Waals surface area contributed by atoms with Gasteiger partial charge in [-0.05, 0) is 30.2 Å². The van der Waals surface area contributed by atoms with Gasteiger partial charge < -0.3 is 0 Å². The highest BCUT2D eigenvalue weighted by Crippen LogP contribution is 2.16. The normalized spacial score (nSPS) is 14.6. The molecule has 0 bridgehead atoms. The maximum Gasteiger partial charge on any atom is 0.0498 e. The lowest BCUT2D eigenvalue weighted by Gasteiger charge is -2.10. The quantitative estimate of drug-likeness (QED) is 0.463. The zero-order valence-electron chi connectivity index (χ0n) is 7.87. The van der Waals surface area contributed by atoms with E-state index in [4.69, 9.17) is 0 Å². The molecular formula is C8H18N2S. The molecule has 0 amide bonds. The van der Waals surface area contributed by atoms with Crippen LogP contribution in [-0.2, 0) is 0 Å². The first-order valence-electron chi connectivity index (χ1n) is 4.08. The minimum Gasteiger partial charge on any atom is -0.185 e. The molecule has 2 nitrogen and oxygen atoms in total.